The number of allylic oxidation sites excluding steroid dienone is 1. The van der Waals surface area contributed by atoms with E-state index < -0.39 is 0 Å². The van der Waals surface area contributed by atoms with Gasteiger partial charge in [0.15, 0.2) is 0 Å². The van der Waals surface area contributed by atoms with Crippen molar-refractivity contribution in [1.29, 1.82) is 0 Å². The third-order valence-corrected chi connectivity index (χ3v) is 1.58. The molecule has 0 saturated carbocycles. The van der Waals surface area contributed by atoms with Crippen molar-refractivity contribution in [2.24, 2.45) is 0 Å². The van der Waals surface area contributed by atoms with Crippen LogP contribution in [-0.2, 0) is 14.3 Å². The fourth-order valence-corrected chi connectivity index (χ4v) is 1.06. The summed E-state index contributed by atoms with van der Waals surface area (Å²) in [6, 6.07) is 0. The van der Waals surface area contributed by atoms with Crippen molar-refractivity contribution < 1.29 is 14.3 Å². The van der Waals surface area contributed by atoms with Crippen LogP contribution in [0.2, 0.25) is 0 Å². The fourth-order valence-electron chi connectivity index (χ4n) is 1.06. The van der Waals surface area contributed by atoms with E-state index in [-0.39, 0.29) is 5.97 Å². The molecule has 12 heavy (non-hydrogen) atoms. The molecule has 66 valence electrons. The Kier molecular flexibility index (Phi) is 2.91. The Hall–Kier alpha value is -1.25. The van der Waals surface area contributed by atoms with E-state index in [9.17, 15) is 4.79 Å². The first-order chi connectivity index (χ1) is 5.72. The van der Waals surface area contributed by atoms with Crippen molar-refractivity contribution in [2.75, 3.05) is 13.7 Å². The summed E-state index contributed by atoms with van der Waals surface area (Å²) in [5, 5.41) is 0. The van der Waals surface area contributed by atoms with Gasteiger partial charge in [0.1, 0.15) is 6.61 Å². The zero-order valence-electron chi connectivity index (χ0n) is 7.29. The maximum atomic E-state index is 10.8. The van der Waals surface area contributed by atoms with Gasteiger partial charge in [-0.25, -0.2) is 4.79 Å². The lowest BCUT2D eigenvalue weighted by atomic mass is 10.1. The molecular weight excluding hydrogens is 156 g/mol. The predicted octanol–water partition coefficient (Wildman–Crippen LogP) is 1.41. The van der Waals surface area contributed by atoms with Gasteiger partial charge in [-0.2, -0.15) is 0 Å². The van der Waals surface area contributed by atoms with Gasteiger partial charge in [-0.1, -0.05) is 0 Å². The molecular formula is C9H12O3. The molecule has 0 spiro atoms. The van der Waals surface area contributed by atoms with Crippen molar-refractivity contribution in [3.05, 3.63) is 23.5 Å². The minimum atomic E-state index is -0.316. The van der Waals surface area contributed by atoms with Crippen LogP contribution in [-0.4, -0.2) is 19.7 Å². The van der Waals surface area contributed by atoms with Crippen LogP contribution in [0.1, 0.15) is 13.3 Å². The van der Waals surface area contributed by atoms with Crippen molar-refractivity contribution in [2.45, 2.75) is 13.3 Å². The summed E-state index contributed by atoms with van der Waals surface area (Å²) in [6.07, 6.45) is 4.00. The molecule has 0 aromatic heterocycles. The zero-order chi connectivity index (χ0) is 8.97. The maximum absolute atomic E-state index is 10.8. The lowest BCUT2D eigenvalue weighted by Gasteiger charge is -2.13. The van der Waals surface area contributed by atoms with E-state index in [1.807, 2.05) is 6.92 Å². The maximum Gasteiger partial charge on any atom is 0.330 e. The third kappa shape index (κ3) is 2.42. The number of carbonyl (C=O) groups is 1. The minimum absolute atomic E-state index is 0.316. The summed E-state index contributed by atoms with van der Waals surface area (Å²) in [7, 11) is 1.37. The summed E-state index contributed by atoms with van der Waals surface area (Å²) in [5.74, 6) is -0.316. The molecule has 0 unspecified atom stereocenters. The highest BCUT2D eigenvalue weighted by Gasteiger charge is 2.07. The smallest absolute Gasteiger partial charge is 0.330 e. The molecule has 3 heteroatoms. The first kappa shape index (κ1) is 8.84. The number of hydrogen-bond acceptors (Lipinski definition) is 3. The minimum Gasteiger partial charge on any atom is -0.497 e. The third-order valence-electron chi connectivity index (χ3n) is 1.58. The number of esters is 1. The molecule has 0 aromatic rings. The highest BCUT2D eigenvalue weighted by atomic mass is 16.5. The van der Waals surface area contributed by atoms with Gasteiger partial charge in [0.05, 0.1) is 13.4 Å². The molecule has 1 heterocycles. The molecule has 0 aliphatic carbocycles. The van der Waals surface area contributed by atoms with Gasteiger partial charge in [-0.15, -0.1) is 0 Å². The Labute approximate surface area is 71.7 Å². The zero-order valence-corrected chi connectivity index (χ0v) is 7.29. The number of ether oxygens (including phenoxy) is 2. The van der Waals surface area contributed by atoms with Gasteiger partial charge in [-0.3, -0.25) is 0 Å². The summed E-state index contributed by atoms with van der Waals surface area (Å²) in [6.45, 7) is 2.46. The summed E-state index contributed by atoms with van der Waals surface area (Å²) >= 11 is 0. The standard InChI is InChI=1S/C9H12O3/c1-7-3-8(6-12-5-7)4-9(10)11-2/h4-5H,3,6H2,1-2H3/b8-4+. The first-order valence-electron chi connectivity index (χ1n) is 3.77. The normalized spacial score (nSPS) is 19.8. The van der Waals surface area contributed by atoms with Crippen molar-refractivity contribution in [3.63, 3.8) is 0 Å². The van der Waals surface area contributed by atoms with E-state index in [4.69, 9.17) is 4.74 Å². The molecule has 0 aromatic carbocycles. The van der Waals surface area contributed by atoms with Gasteiger partial charge in [0.25, 0.3) is 0 Å². The SMILES string of the molecule is COC(=O)/C=C1/COC=C(C)C1. The van der Waals surface area contributed by atoms with E-state index >= 15 is 0 Å². The predicted molar refractivity (Wildman–Crippen MR) is 44.4 cm³/mol. The average Bonchev–Trinajstić information content (AvgIpc) is 2.04. The molecule has 1 rings (SSSR count). The Morgan fingerprint density at radius 1 is 1.75 bits per heavy atom. The molecule has 0 amide bonds. The number of carbonyl (C=O) groups excluding carboxylic acids is 1. The molecule has 3 nitrogen and oxygen atoms in total. The second-order valence-corrected chi connectivity index (χ2v) is 2.78. The Morgan fingerprint density at radius 2 is 2.50 bits per heavy atom. The Bertz CT molecular complexity index is 238. The first-order valence-corrected chi connectivity index (χ1v) is 3.77. The Morgan fingerprint density at radius 3 is 3.08 bits per heavy atom. The molecule has 0 atom stereocenters. The van der Waals surface area contributed by atoms with Gasteiger partial charge < -0.3 is 9.47 Å². The molecule has 0 N–H and O–H groups in total. The largest absolute Gasteiger partial charge is 0.497 e. The van der Waals surface area contributed by atoms with Crippen LogP contribution in [0.3, 0.4) is 0 Å². The van der Waals surface area contributed by atoms with E-state index in [1.54, 1.807) is 6.26 Å². The Balaban J connectivity index is 2.59. The van der Waals surface area contributed by atoms with Crippen molar-refractivity contribution >= 4 is 5.97 Å². The molecule has 0 saturated heterocycles. The summed E-state index contributed by atoms with van der Waals surface area (Å²) in [4.78, 5) is 10.8. The summed E-state index contributed by atoms with van der Waals surface area (Å²) in [5.41, 5.74) is 2.08. The second-order valence-electron chi connectivity index (χ2n) is 2.78. The van der Waals surface area contributed by atoms with Gasteiger partial charge >= 0.3 is 5.97 Å². The second kappa shape index (κ2) is 3.95. The quantitative estimate of drug-likeness (QED) is 0.438. The van der Waals surface area contributed by atoms with Crippen molar-refractivity contribution in [3.8, 4) is 0 Å². The fraction of sp³-hybridized carbons (Fsp3) is 0.444. The highest BCUT2D eigenvalue weighted by molar-refractivity contribution is 5.82. The van der Waals surface area contributed by atoms with Gasteiger partial charge in [-0.05, 0) is 24.5 Å². The molecule has 0 radical (unpaired) electrons. The number of methoxy groups -OCH3 is 1. The topological polar surface area (TPSA) is 35.5 Å². The number of rotatable bonds is 1. The lowest BCUT2D eigenvalue weighted by molar-refractivity contribution is -0.134. The van der Waals surface area contributed by atoms with E-state index in [0.717, 1.165) is 17.6 Å². The van der Waals surface area contributed by atoms with Gasteiger partial charge in [0, 0.05) is 6.08 Å². The van der Waals surface area contributed by atoms with Crippen LogP contribution in [0.5, 0.6) is 0 Å². The summed E-state index contributed by atoms with van der Waals surface area (Å²) < 4.78 is 9.60. The van der Waals surface area contributed by atoms with E-state index in [2.05, 4.69) is 4.74 Å². The van der Waals surface area contributed by atoms with E-state index in [1.165, 1.54) is 13.2 Å². The van der Waals surface area contributed by atoms with Crippen LogP contribution in [0.4, 0.5) is 0 Å². The molecule has 1 aliphatic heterocycles. The van der Waals surface area contributed by atoms with Crippen LogP contribution in [0.15, 0.2) is 23.5 Å². The monoisotopic (exact) mass is 168 g/mol. The highest BCUT2D eigenvalue weighted by Crippen LogP contribution is 2.16. The van der Waals surface area contributed by atoms with E-state index in [0.29, 0.717) is 6.61 Å². The van der Waals surface area contributed by atoms with Crippen LogP contribution in [0, 0.1) is 0 Å². The van der Waals surface area contributed by atoms with Crippen LogP contribution >= 0.6 is 0 Å². The number of hydrogen-bond donors (Lipinski definition) is 0. The van der Waals surface area contributed by atoms with Crippen LogP contribution < -0.4 is 0 Å². The van der Waals surface area contributed by atoms with Crippen LogP contribution in [0.25, 0.3) is 0 Å². The molecule has 0 fully saturated rings. The van der Waals surface area contributed by atoms with Crippen molar-refractivity contribution in [1.82, 2.24) is 0 Å². The lowest BCUT2D eigenvalue weighted by Crippen LogP contribution is -2.05. The molecule has 0 bridgehead atoms. The molecule has 1 aliphatic rings. The average molecular weight is 168 g/mol. The van der Waals surface area contributed by atoms with Gasteiger partial charge in [0.2, 0.25) is 0 Å².